The van der Waals surface area contributed by atoms with Crippen molar-refractivity contribution in [2.24, 2.45) is 0 Å². The van der Waals surface area contributed by atoms with E-state index in [0.29, 0.717) is 18.6 Å². The molecule has 0 radical (unpaired) electrons. The van der Waals surface area contributed by atoms with Gasteiger partial charge in [-0.1, -0.05) is 6.92 Å². The van der Waals surface area contributed by atoms with Crippen LogP contribution in [0.3, 0.4) is 0 Å². The highest BCUT2D eigenvalue weighted by molar-refractivity contribution is 5.37. The summed E-state index contributed by atoms with van der Waals surface area (Å²) >= 11 is 0. The van der Waals surface area contributed by atoms with E-state index >= 15 is 0 Å². The number of aromatic nitrogens is 2. The average Bonchev–Trinajstić information content (AvgIpc) is 2.50. The lowest BCUT2D eigenvalue weighted by atomic mass is 10.1. The fourth-order valence-corrected chi connectivity index (χ4v) is 1.06. The molecule has 0 aromatic carbocycles. The normalized spacial score (nSPS) is 12.4. The Morgan fingerprint density at radius 1 is 1.85 bits per heavy atom. The maximum atomic E-state index is 10.1. The van der Waals surface area contributed by atoms with E-state index in [1.54, 1.807) is 0 Å². The highest BCUT2D eigenvalue weighted by Gasteiger charge is 2.10. The predicted molar refractivity (Wildman–Crippen MR) is 45.2 cm³/mol. The molecule has 0 amide bonds. The molecule has 0 aliphatic carbocycles. The van der Waals surface area contributed by atoms with Gasteiger partial charge in [0.25, 0.3) is 6.47 Å². The molecule has 0 aliphatic rings. The molecule has 0 saturated carbocycles. The van der Waals surface area contributed by atoms with E-state index in [0.717, 1.165) is 6.42 Å². The van der Waals surface area contributed by atoms with Crippen molar-refractivity contribution < 1.29 is 14.6 Å². The SMILES string of the molecule is CCC(Cc1cc(O)[nH]n1)OC=O. The Hall–Kier alpha value is -1.52. The van der Waals surface area contributed by atoms with Crippen LogP contribution in [0.15, 0.2) is 6.07 Å². The predicted octanol–water partition coefficient (Wildman–Crippen LogP) is 0.609. The second kappa shape index (κ2) is 4.49. The van der Waals surface area contributed by atoms with Crippen molar-refractivity contribution in [3.05, 3.63) is 11.8 Å². The zero-order valence-electron chi connectivity index (χ0n) is 7.36. The van der Waals surface area contributed by atoms with Crippen LogP contribution in [0.25, 0.3) is 0 Å². The van der Waals surface area contributed by atoms with Gasteiger partial charge in [-0.2, -0.15) is 5.10 Å². The minimum Gasteiger partial charge on any atom is -0.494 e. The molecular formula is C8H12N2O3. The lowest BCUT2D eigenvalue weighted by molar-refractivity contribution is -0.133. The molecule has 1 heterocycles. The number of nitrogens with one attached hydrogen (secondary N) is 1. The van der Waals surface area contributed by atoms with E-state index in [2.05, 4.69) is 10.2 Å². The zero-order valence-corrected chi connectivity index (χ0v) is 7.36. The van der Waals surface area contributed by atoms with Gasteiger partial charge in [-0.15, -0.1) is 0 Å². The van der Waals surface area contributed by atoms with Gasteiger partial charge in [0.2, 0.25) is 5.88 Å². The molecule has 5 heteroatoms. The summed E-state index contributed by atoms with van der Waals surface area (Å²) in [6.07, 6.45) is 1.08. The van der Waals surface area contributed by atoms with Crippen LogP contribution in [0, 0.1) is 0 Å². The van der Waals surface area contributed by atoms with Crippen LogP contribution in [0.2, 0.25) is 0 Å². The van der Waals surface area contributed by atoms with E-state index in [-0.39, 0.29) is 12.0 Å². The maximum Gasteiger partial charge on any atom is 0.293 e. The first-order chi connectivity index (χ1) is 6.26. The summed E-state index contributed by atoms with van der Waals surface area (Å²) in [7, 11) is 0. The van der Waals surface area contributed by atoms with Gasteiger partial charge in [0.05, 0.1) is 5.69 Å². The van der Waals surface area contributed by atoms with Gasteiger partial charge < -0.3 is 9.84 Å². The first-order valence-electron chi connectivity index (χ1n) is 4.08. The van der Waals surface area contributed by atoms with Gasteiger partial charge in [0, 0.05) is 12.5 Å². The molecule has 0 saturated heterocycles. The Morgan fingerprint density at radius 2 is 2.62 bits per heavy atom. The lowest BCUT2D eigenvalue weighted by Gasteiger charge is -2.09. The molecule has 1 rings (SSSR count). The molecule has 1 unspecified atom stereocenters. The summed E-state index contributed by atoms with van der Waals surface area (Å²) < 4.78 is 4.79. The zero-order chi connectivity index (χ0) is 9.68. The Balaban J connectivity index is 2.50. The number of aromatic amines is 1. The van der Waals surface area contributed by atoms with E-state index in [1.807, 2.05) is 6.92 Å². The van der Waals surface area contributed by atoms with Crippen LogP contribution in [-0.2, 0) is 16.0 Å². The van der Waals surface area contributed by atoms with Gasteiger partial charge >= 0.3 is 0 Å². The number of hydrogen-bond donors (Lipinski definition) is 2. The third kappa shape index (κ3) is 2.77. The van der Waals surface area contributed by atoms with E-state index in [1.165, 1.54) is 6.07 Å². The monoisotopic (exact) mass is 184 g/mol. The molecular weight excluding hydrogens is 172 g/mol. The molecule has 13 heavy (non-hydrogen) atoms. The summed E-state index contributed by atoms with van der Waals surface area (Å²) in [6, 6.07) is 1.51. The largest absolute Gasteiger partial charge is 0.494 e. The summed E-state index contributed by atoms with van der Waals surface area (Å²) in [5.41, 5.74) is 0.686. The Kier molecular flexibility index (Phi) is 3.31. The summed E-state index contributed by atoms with van der Waals surface area (Å²) in [5.74, 6) is 0.0240. The lowest BCUT2D eigenvalue weighted by Crippen LogP contribution is -2.14. The quantitative estimate of drug-likeness (QED) is 0.657. The van der Waals surface area contributed by atoms with Crippen LogP contribution >= 0.6 is 0 Å². The molecule has 1 aromatic rings. The van der Waals surface area contributed by atoms with Crippen molar-refractivity contribution in [1.29, 1.82) is 0 Å². The van der Waals surface area contributed by atoms with Crippen LogP contribution < -0.4 is 0 Å². The van der Waals surface area contributed by atoms with E-state index in [9.17, 15) is 4.79 Å². The first-order valence-corrected chi connectivity index (χ1v) is 4.08. The van der Waals surface area contributed by atoms with Crippen molar-refractivity contribution >= 4 is 6.47 Å². The topological polar surface area (TPSA) is 75.2 Å². The minimum atomic E-state index is -0.166. The van der Waals surface area contributed by atoms with Gasteiger partial charge in [-0.3, -0.25) is 4.79 Å². The Morgan fingerprint density at radius 3 is 3.08 bits per heavy atom. The highest BCUT2D eigenvalue weighted by Crippen LogP contribution is 2.10. The highest BCUT2D eigenvalue weighted by atomic mass is 16.5. The van der Waals surface area contributed by atoms with Crippen molar-refractivity contribution in [3.63, 3.8) is 0 Å². The number of carbonyl (C=O) groups excluding carboxylic acids is 1. The van der Waals surface area contributed by atoms with Crippen LogP contribution in [-0.4, -0.2) is 27.9 Å². The molecule has 2 N–H and O–H groups in total. The molecule has 72 valence electrons. The van der Waals surface area contributed by atoms with Crippen molar-refractivity contribution in [1.82, 2.24) is 10.2 Å². The number of aromatic hydroxyl groups is 1. The molecule has 0 bridgehead atoms. The first kappa shape index (κ1) is 9.57. The molecule has 1 atom stereocenters. The number of carbonyl (C=O) groups is 1. The smallest absolute Gasteiger partial charge is 0.293 e. The maximum absolute atomic E-state index is 10.1. The fraction of sp³-hybridized carbons (Fsp3) is 0.500. The van der Waals surface area contributed by atoms with Gasteiger partial charge in [0.15, 0.2) is 0 Å². The van der Waals surface area contributed by atoms with Crippen molar-refractivity contribution in [2.45, 2.75) is 25.9 Å². The second-order valence-corrected chi connectivity index (χ2v) is 2.71. The third-order valence-electron chi connectivity index (χ3n) is 1.76. The fourth-order valence-electron chi connectivity index (χ4n) is 1.06. The number of nitrogens with zero attached hydrogens (tertiary/aromatic N) is 1. The van der Waals surface area contributed by atoms with Crippen molar-refractivity contribution in [2.75, 3.05) is 0 Å². The van der Waals surface area contributed by atoms with Crippen molar-refractivity contribution in [3.8, 4) is 5.88 Å². The summed E-state index contributed by atoms with van der Waals surface area (Å²) in [5, 5.41) is 15.2. The van der Waals surface area contributed by atoms with E-state index < -0.39 is 0 Å². The minimum absolute atomic E-state index is 0.0240. The molecule has 0 fully saturated rings. The van der Waals surface area contributed by atoms with E-state index in [4.69, 9.17) is 9.84 Å². The second-order valence-electron chi connectivity index (χ2n) is 2.71. The molecule has 5 nitrogen and oxygen atoms in total. The molecule has 0 spiro atoms. The standard InChI is InChI=1S/C8H12N2O3/c1-2-7(13-5-11)3-6-4-8(12)10-9-6/h4-5,7H,2-3H2,1H3,(H2,9,10,12). The number of hydrogen-bond acceptors (Lipinski definition) is 4. The van der Waals surface area contributed by atoms with Crippen LogP contribution in [0.4, 0.5) is 0 Å². The number of ether oxygens (including phenoxy) is 1. The Labute approximate surface area is 75.7 Å². The average molecular weight is 184 g/mol. The molecule has 1 aromatic heterocycles. The van der Waals surface area contributed by atoms with Gasteiger partial charge in [-0.05, 0) is 6.42 Å². The molecule has 0 aliphatic heterocycles. The van der Waals surface area contributed by atoms with Gasteiger partial charge in [-0.25, -0.2) is 5.10 Å². The summed E-state index contributed by atoms with van der Waals surface area (Å²) in [4.78, 5) is 10.1. The van der Waals surface area contributed by atoms with Crippen LogP contribution in [0.1, 0.15) is 19.0 Å². The number of H-pyrrole nitrogens is 1. The number of rotatable bonds is 5. The third-order valence-corrected chi connectivity index (χ3v) is 1.76. The van der Waals surface area contributed by atoms with Crippen LogP contribution in [0.5, 0.6) is 5.88 Å². The van der Waals surface area contributed by atoms with Gasteiger partial charge in [0.1, 0.15) is 6.10 Å². The summed E-state index contributed by atoms with van der Waals surface area (Å²) in [6.45, 7) is 2.35. The Bertz CT molecular complexity index is 272.